The van der Waals surface area contributed by atoms with Gasteiger partial charge in [-0.15, -0.1) is 0 Å². The van der Waals surface area contributed by atoms with E-state index in [1.165, 1.54) is 25.7 Å². The maximum Gasteiger partial charge on any atom is 0.391 e. The Kier molecular flexibility index (Phi) is 5.26. The molecule has 2 nitrogen and oxygen atoms in total. The predicted molar refractivity (Wildman–Crippen MR) is 92.5 cm³/mol. The number of nitrogens with zero attached hydrogens (tertiary/aromatic N) is 1. The number of nitrogens with one attached hydrogen (secondary N) is 1. The first-order valence-corrected chi connectivity index (χ1v) is 9.10. The SMILES string of the molecule is CC1CCC(Nc2ccc(N3CCC(C(F)(F)F)CC3)cc2)CC1. The molecule has 3 rings (SSSR count). The number of anilines is 2. The first-order chi connectivity index (χ1) is 11.4. The lowest BCUT2D eigenvalue weighted by molar-refractivity contribution is -0.179. The molecule has 0 atom stereocenters. The van der Waals surface area contributed by atoms with E-state index >= 15 is 0 Å². The molecule has 0 spiro atoms. The van der Waals surface area contributed by atoms with Gasteiger partial charge >= 0.3 is 6.18 Å². The minimum atomic E-state index is -4.04. The molecule has 0 unspecified atom stereocenters. The summed E-state index contributed by atoms with van der Waals surface area (Å²) < 4.78 is 38.2. The molecule has 0 aromatic heterocycles. The van der Waals surface area contributed by atoms with Crippen molar-refractivity contribution in [1.29, 1.82) is 0 Å². The zero-order valence-electron chi connectivity index (χ0n) is 14.3. The second kappa shape index (κ2) is 7.24. The quantitative estimate of drug-likeness (QED) is 0.786. The van der Waals surface area contributed by atoms with Crippen LogP contribution in [-0.2, 0) is 0 Å². The van der Waals surface area contributed by atoms with E-state index in [2.05, 4.69) is 29.3 Å². The van der Waals surface area contributed by atoms with Gasteiger partial charge in [-0.3, -0.25) is 0 Å². The number of rotatable bonds is 3. The fourth-order valence-corrected chi connectivity index (χ4v) is 3.87. The van der Waals surface area contributed by atoms with Gasteiger partial charge in [0.1, 0.15) is 0 Å². The van der Waals surface area contributed by atoms with Crippen LogP contribution in [0.3, 0.4) is 0 Å². The molecule has 1 heterocycles. The second-order valence-electron chi connectivity index (χ2n) is 7.45. The number of benzene rings is 1. The third-order valence-electron chi connectivity index (χ3n) is 5.58. The van der Waals surface area contributed by atoms with Crippen molar-refractivity contribution in [2.24, 2.45) is 11.8 Å². The predicted octanol–water partition coefficient (Wildman–Crippen LogP) is 5.46. The summed E-state index contributed by atoms with van der Waals surface area (Å²) in [5, 5.41) is 3.59. The van der Waals surface area contributed by atoms with Crippen LogP contribution in [0.1, 0.15) is 45.4 Å². The lowest BCUT2D eigenvalue weighted by Crippen LogP contribution is -2.38. The molecule has 24 heavy (non-hydrogen) atoms. The summed E-state index contributed by atoms with van der Waals surface area (Å²) >= 11 is 0. The van der Waals surface area contributed by atoms with Gasteiger partial charge in [-0.1, -0.05) is 6.92 Å². The Labute approximate surface area is 142 Å². The maximum absolute atomic E-state index is 12.7. The van der Waals surface area contributed by atoms with Gasteiger partial charge in [0.25, 0.3) is 0 Å². The third-order valence-corrected chi connectivity index (χ3v) is 5.58. The van der Waals surface area contributed by atoms with Crippen molar-refractivity contribution in [3.8, 4) is 0 Å². The molecule has 5 heteroatoms. The highest BCUT2D eigenvalue weighted by molar-refractivity contribution is 5.55. The van der Waals surface area contributed by atoms with Crippen molar-refractivity contribution in [2.45, 2.75) is 57.7 Å². The molecule has 1 N–H and O–H groups in total. The lowest BCUT2D eigenvalue weighted by Gasteiger charge is -2.34. The van der Waals surface area contributed by atoms with Gasteiger partial charge < -0.3 is 10.2 Å². The van der Waals surface area contributed by atoms with Gasteiger partial charge in [0.2, 0.25) is 0 Å². The summed E-state index contributed by atoms with van der Waals surface area (Å²) in [5.74, 6) is -0.298. The molecule has 1 aliphatic carbocycles. The van der Waals surface area contributed by atoms with E-state index in [0.29, 0.717) is 19.1 Å². The van der Waals surface area contributed by atoms with Crippen LogP contribution in [0, 0.1) is 11.8 Å². The summed E-state index contributed by atoms with van der Waals surface area (Å²) in [6, 6.07) is 8.73. The molecule has 1 aromatic carbocycles. The molecular weight excluding hydrogens is 313 g/mol. The van der Waals surface area contributed by atoms with Crippen LogP contribution in [-0.4, -0.2) is 25.3 Å². The monoisotopic (exact) mass is 340 g/mol. The Morgan fingerprint density at radius 3 is 2.04 bits per heavy atom. The van der Waals surface area contributed by atoms with Gasteiger partial charge in [-0.25, -0.2) is 0 Å². The van der Waals surface area contributed by atoms with E-state index in [4.69, 9.17) is 0 Å². The van der Waals surface area contributed by atoms with Crippen molar-refractivity contribution >= 4 is 11.4 Å². The topological polar surface area (TPSA) is 15.3 Å². The third kappa shape index (κ3) is 4.37. The average Bonchev–Trinajstić information content (AvgIpc) is 2.57. The molecule has 0 amide bonds. The van der Waals surface area contributed by atoms with Crippen LogP contribution < -0.4 is 10.2 Å². The Bertz CT molecular complexity index is 510. The van der Waals surface area contributed by atoms with Crippen molar-refractivity contribution in [3.05, 3.63) is 24.3 Å². The zero-order chi connectivity index (χ0) is 17.2. The van der Waals surface area contributed by atoms with E-state index < -0.39 is 12.1 Å². The number of hydrogen-bond acceptors (Lipinski definition) is 2. The second-order valence-corrected chi connectivity index (χ2v) is 7.45. The van der Waals surface area contributed by atoms with Gasteiger partial charge in [-0.05, 0) is 68.7 Å². The molecule has 1 aliphatic heterocycles. The normalized spacial score (nSPS) is 26.4. The number of halogens is 3. The van der Waals surface area contributed by atoms with Crippen LogP contribution in [0.25, 0.3) is 0 Å². The molecule has 0 bridgehead atoms. The Morgan fingerprint density at radius 1 is 0.917 bits per heavy atom. The summed E-state index contributed by atoms with van der Waals surface area (Å²) in [6.07, 6.45) is 1.35. The number of alkyl halides is 3. The molecule has 1 saturated carbocycles. The minimum absolute atomic E-state index is 0.198. The zero-order valence-corrected chi connectivity index (χ0v) is 14.3. The highest BCUT2D eigenvalue weighted by Crippen LogP contribution is 2.35. The Hall–Kier alpha value is -1.39. The maximum atomic E-state index is 12.7. The van der Waals surface area contributed by atoms with Crippen molar-refractivity contribution in [2.75, 3.05) is 23.3 Å². The average molecular weight is 340 g/mol. The molecule has 2 fully saturated rings. The fourth-order valence-electron chi connectivity index (χ4n) is 3.87. The van der Waals surface area contributed by atoms with E-state index in [1.807, 2.05) is 12.1 Å². The Morgan fingerprint density at radius 2 is 1.50 bits per heavy atom. The molecule has 1 aromatic rings. The largest absolute Gasteiger partial charge is 0.391 e. The van der Waals surface area contributed by atoms with Crippen LogP contribution in [0.5, 0.6) is 0 Å². The summed E-state index contributed by atoms with van der Waals surface area (Å²) in [7, 11) is 0. The minimum Gasteiger partial charge on any atom is -0.382 e. The van der Waals surface area contributed by atoms with E-state index in [1.54, 1.807) is 0 Å². The molecule has 2 aliphatic rings. The smallest absolute Gasteiger partial charge is 0.382 e. The molecule has 1 saturated heterocycles. The highest BCUT2D eigenvalue weighted by atomic mass is 19.4. The number of piperidine rings is 1. The van der Waals surface area contributed by atoms with E-state index in [-0.39, 0.29) is 12.8 Å². The first-order valence-electron chi connectivity index (χ1n) is 9.10. The fraction of sp³-hybridized carbons (Fsp3) is 0.684. The first kappa shape index (κ1) is 17.4. The molecule has 0 radical (unpaired) electrons. The summed E-state index contributed by atoms with van der Waals surface area (Å²) in [4.78, 5) is 2.06. The molecule has 134 valence electrons. The number of hydrogen-bond donors (Lipinski definition) is 1. The Balaban J connectivity index is 1.52. The van der Waals surface area contributed by atoms with Crippen LogP contribution in [0.4, 0.5) is 24.5 Å². The van der Waals surface area contributed by atoms with Crippen LogP contribution in [0.15, 0.2) is 24.3 Å². The van der Waals surface area contributed by atoms with E-state index in [9.17, 15) is 13.2 Å². The summed E-state index contributed by atoms with van der Waals surface area (Å²) in [6.45, 7) is 3.28. The summed E-state index contributed by atoms with van der Waals surface area (Å²) in [5.41, 5.74) is 2.14. The van der Waals surface area contributed by atoms with Crippen LogP contribution >= 0.6 is 0 Å². The highest BCUT2D eigenvalue weighted by Gasteiger charge is 2.41. The van der Waals surface area contributed by atoms with Gasteiger partial charge in [0.05, 0.1) is 5.92 Å². The van der Waals surface area contributed by atoms with Gasteiger partial charge in [-0.2, -0.15) is 13.2 Å². The lowest BCUT2D eigenvalue weighted by atomic mass is 9.87. The van der Waals surface area contributed by atoms with Crippen LogP contribution in [0.2, 0.25) is 0 Å². The van der Waals surface area contributed by atoms with E-state index in [0.717, 1.165) is 17.3 Å². The standard InChI is InChI=1S/C19H27F3N2/c1-14-2-4-16(5-3-14)23-17-6-8-18(9-7-17)24-12-10-15(11-13-24)19(20,21)22/h6-9,14-16,23H,2-5,10-13H2,1H3. The van der Waals surface area contributed by atoms with Gasteiger partial charge in [0, 0.05) is 30.5 Å². The van der Waals surface area contributed by atoms with Gasteiger partial charge in [0.15, 0.2) is 0 Å². The molecular formula is C19H27F3N2. The van der Waals surface area contributed by atoms with Crippen molar-refractivity contribution in [3.63, 3.8) is 0 Å². The van der Waals surface area contributed by atoms with Crippen molar-refractivity contribution < 1.29 is 13.2 Å². The van der Waals surface area contributed by atoms with Crippen molar-refractivity contribution in [1.82, 2.24) is 0 Å².